The summed E-state index contributed by atoms with van der Waals surface area (Å²) >= 11 is 2.88. The summed E-state index contributed by atoms with van der Waals surface area (Å²) in [6.45, 7) is 4.59. The number of rotatable bonds is 7. The highest BCUT2D eigenvalue weighted by molar-refractivity contribution is 8.01. The molecule has 0 fully saturated rings. The largest absolute Gasteiger partial charge is 0.348 e. The fourth-order valence-electron chi connectivity index (χ4n) is 2.74. The lowest BCUT2D eigenvalue weighted by atomic mass is 10.0. The van der Waals surface area contributed by atoms with Crippen molar-refractivity contribution in [3.8, 4) is 0 Å². The second-order valence-electron chi connectivity index (χ2n) is 6.37. The molecule has 0 spiro atoms. The molecule has 4 nitrogen and oxygen atoms in total. The van der Waals surface area contributed by atoms with Crippen LogP contribution in [-0.2, 0) is 17.1 Å². The predicted octanol–water partition coefficient (Wildman–Crippen LogP) is 5.93. The van der Waals surface area contributed by atoms with Crippen molar-refractivity contribution in [1.82, 2.24) is 5.32 Å². The van der Waals surface area contributed by atoms with Crippen LogP contribution in [0.1, 0.15) is 27.8 Å². The van der Waals surface area contributed by atoms with E-state index in [0.29, 0.717) is 6.54 Å². The molecule has 28 heavy (non-hydrogen) atoms. The molecule has 1 N–H and O–H groups in total. The number of aryl methyl sites for hydroxylation is 2. The number of amides is 1. The lowest BCUT2D eigenvalue weighted by molar-refractivity contribution is -0.116. The Bertz CT molecular complexity index is 989. The number of carbonyl (C=O) groups is 1. The van der Waals surface area contributed by atoms with Crippen LogP contribution in [0.2, 0.25) is 0 Å². The third-order valence-corrected chi connectivity index (χ3v) is 5.32. The monoisotopic (exact) mass is 407 g/mol. The highest BCUT2D eigenvalue weighted by atomic mass is 32.2. The van der Waals surface area contributed by atoms with Gasteiger partial charge >= 0.3 is 0 Å². The number of nitrogens with zero attached hydrogens (tertiary/aromatic N) is 2. The van der Waals surface area contributed by atoms with Gasteiger partial charge in [-0.05, 0) is 35.9 Å². The standard InChI is InChI=1S/C22H21N3OS2/c1-16-4-3-5-19(12-16)15-27-10-9-22(26)23-14-18-6-7-20(17(2)13-18)21-8-11-28-25-24-21/h3-7,9-13H,14-15H2,1-2H3,(H,23,26)/b10-9-. The molecule has 0 aliphatic carbocycles. The molecule has 0 radical (unpaired) electrons. The summed E-state index contributed by atoms with van der Waals surface area (Å²) in [5.41, 5.74) is 9.47. The molecule has 1 heterocycles. The molecule has 142 valence electrons. The molecule has 0 unspecified atom stereocenters. The van der Waals surface area contributed by atoms with Gasteiger partial charge in [0.15, 0.2) is 0 Å². The van der Waals surface area contributed by atoms with E-state index in [4.69, 9.17) is 0 Å². The van der Waals surface area contributed by atoms with Crippen molar-refractivity contribution in [2.24, 2.45) is 9.63 Å². The van der Waals surface area contributed by atoms with Crippen LogP contribution < -0.4 is 5.32 Å². The summed E-state index contributed by atoms with van der Waals surface area (Å²) in [4.78, 5) is 12.0. The van der Waals surface area contributed by atoms with Gasteiger partial charge in [-0.1, -0.05) is 53.8 Å². The molecule has 0 aromatic heterocycles. The zero-order valence-electron chi connectivity index (χ0n) is 15.8. The fourth-order valence-corrected chi connectivity index (χ4v) is 3.76. The second-order valence-corrected chi connectivity index (χ2v) is 7.87. The summed E-state index contributed by atoms with van der Waals surface area (Å²) in [6, 6.07) is 14.4. The van der Waals surface area contributed by atoms with Gasteiger partial charge in [-0.15, -0.1) is 21.4 Å². The van der Waals surface area contributed by atoms with Gasteiger partial charge in [0, 0.05) is 41.3 Å². The Morgan fingerprint density at radius 2 is 2.11 bits per heavy atom. The van der Waals surface area contributed by atoms with E-state index < -0.39 is 0 Å². The quantitative estimate of drug-likeness (QED) is 0.351. The van der Waals surface area contributed by atoms with E-state index >= 15 is 0 Å². The maximum Gasteiger partial charge on any atom is 0.244 e. The molecule has 6 heteroatoms. The summed E-state index contributed by atoms with van der Waals surface area (Å²) in [7, 11) is 0. The maximum atomic E-state index is 12.0. The van der Waals surface area contributed by atoms with Crippen molar-refractivity contribution in [1.29, 1.82) is 0 Å². The smallest absolute Gasteiger partial charge is 0.244 e. The second kappa shape index (κ2) is 10.1. The molecule has 1 amide bonds. The van der Waals surface area contributed by atoms with Crippen LogP contribution in [0, 0.1) is 13.8 Å². The Morgan fingerprint density at radius 1 is 1.21 bits per heavy atom. The third-order valence-electron chi connectivity index (χ3n) is 4.10. The average Bonchev–Trinajstić information content (AvgIpc) is 2.70. The molecule has 1 aliphatic heterocycles. The van der Waals surface area contributed by atoms with Crippen LogP contribution in [0.4, 0.5) is 0 Å². The first kappa shape index (κ1) is 20.2. The van der Waals surface area contributed by atoms with Gasteiger partial charge in [0.2, 0.25) is 5.91 Å². The van der Waals surface area contributed by atoms with E-state index in [1.165, 1.54) is 23.1 Å². The molecule has 0 atom stereocenters. The van der Waals surface area contributed by atoms with Crippen LogP contribution in [0.15, 0.2) is 74.7 Å². The van der Waals surface area contributed by atoms with E-state index in [-0.39, 0.29) is 5.91 Å². The first-order chi connectivity index (χ1) is 13.6. The predicted molar refractivity (Wildman–Crippen MR) is 119 cm³/mol. The third kappa shape index (κ3) is 5.99. The van der Waals surface area contributed by atoms with Gasteiger partial charge in [0.1, 0.15) is 5.70 Å². The molecule has 2 aromatic carbocycles. The number of nitrogens with one attached hydrogen (secondary N) is 1. The minimum Gasteiger partial charge on any atom is -0.348 e. The van der Waals surface area contributed by atoms with Crippen molar-refractivity contribution in [3.05, 3.63) is 92.9 Å². The number of carbonyl (C=O) groups excluding carboxylic acids is 1. The molecule has 2 aromatic rings. The van der Waals surface area contributed by atoms with Crippen molar-refractivity contribution in [2.75, 3.05) is 0 Å². The molecular formula is C22H21N3OS2. The van der Waals surface area contributed by atoms with Crippen molar-refractivity contribution < 1.29 is 4.79 Å². The van der Waals surface area contributed by atoms with Gasteiger partial charge in [-0.3, -0.25) is 4.79 Å². The summed E-state index contributed by atoms with van der Waals surface area (Å²) in [6.07, 6.45) is 1.58. The highest BCUT2D eigenvalue weighted by Gasteiger charge is 2.07. The van der Waals surface area contributed by atoms with E-state index in [9.17, 15) is 4.79 Å². The molecule has 1 aliphatic rings. The lowest BCUT2D eigenvalue weighted by Gasteiger charge is -2.08. The maximum absolute atomic E-state index is 12.0. The van der Waals surface area contributed by atoms with Crippen molar-refractivity contribution in [2.45, 2.75) is 26.1 Å². The summed E-state index contributed by atoms with van der Waals surface area (Å²) < 4.78 is 3.94. The number of benzene rings is 2. The zero-order chi connectivity index (χ0) is 19.8. The Balaban J connectivity index is 1.48. The molecule has 0 bridgehead atoms. The van der Waals surface area contributed by atoms with E-state index in [0.717, 1.165) is 28.1 Å². The molecule has 0 saturated heterocycles. The van der Waals surface area contributed by atoms with Crippen molar-refractivity contribution in [3.63, 3.8) is 0 Å². The molecule has 3 rings (SSSR count). The Labute approximate surface area is 174 Å². The van der Waals surface area contributed by atoms with Crippen LogP contribution in [-0.4, -0.2) is 5.91 Å². The Kier molecular flexibility index (Phi) is 7.31. The van der Waals surface area contributed by atoms with Crippen LogP contribution in [0.3, 0.4) is 0 Å². The van der Waals surface area contributed by atoms with Crippen LogP contribution >= 0.6 is 23.7 Å². The Morgan fingerprint density at radius 3 is 2.86 bits per heavy atom. The summed E-state index contributed by atoms with van der Waals surface area (Å²) in [5, 5.41) is 10.7. The topological polar surface area (TPSA) is 53.8 Å². The van der Waals surface area contributed by atoms with Crippen LogP contribution in [0.25, 0.3) is 5.70 Å². The lowest BCUT2D eigenvalue weighted by Crippen LogP contribution is -2.20. The van der Waals surface area contributed by atoms with Crippen molar-refractivity contribution >= 4 is 35.3 Å². The van der Waals surface area contributed by atoms with Gasteiger partial charge in [-0.25, -0.2) is 0 Å². The van der Waals surface area contributed by atoms with E-state index in [1.807, 2.05) is 24.5 Å². The molecule has 0 saturated carbocycles. The SMILES string of the molecule is Cc1cccc(CS/C=C\C(=O)NCc2ccc(C3=C=CSN=N3)c(C)c2)c1. The van der Waals surface area contributed by atoms with E-state index in [1.54, 1.807) is 23.2 Å². The van der Waals surface area contributed by atoms with Gasteiger partial charge in [0.25, 0.3) is 0 Å². The minimum absolute atomic E-state index is 0.0952. The number of thioether (sulfide) groups is 1. The van der Waals surface area contributed by atoms with E-state index in [2.05, 4.69) is 57.9 Å². The first-order valence-electron chi connectivity index (χ1n) is 8.85. The minimum atomic E-state index is -0.0952. The summed E-state index contributed by atoms with van der Waals surface area (Å²) in [5.74, 6) is 0.758. The zero-order valence-corrected chi connectivity index (χ0v) is 17.4. The highest BCUT2D eigenvalue weighted by Crippen LogP contribution is 2.25. The molecular weight excluding hydrogens is 386 g/mol. The van der Waals surface area contributed by atoms with Gasteiger partial charge in [0.05, 0.1) is 0 Å². The first-order valence-corrected chi connectivity index (χ1v) is 10.7. The van der Waals surface area contributed by atoms with Gasteiger partial charge < -0.3 is 5.32 Å². The fraction of sp³-hybridized carbons (Fsp3) is 0.182. The average molecular weight is 408 g/mol. The van der Waals surface area contributed by atoms with Crippen LogP contribution in [0.5, 0.6) is 0 Å². The Hall–Kier alpha value is -2.53. The number of hydrogen-bond acceptors (Lipinski definition) is 5. The van der Waals surface area contributed by atoms with Gasteiger partial charge in [-0.2, -0.15) is 0 Å². The normalized spacial score (nSPS) is 13.0. The number of hydrogen-bond donors (Lipinski definition) is 1.